The van der Waals surface area contributed by atoms with E-state index in [1.165, 1.54) is 0 Å². The lowest BCUT2D eigenvalue weighted by molar-refractivity contribution is -0.150. The molecule has 0 saturated heterocycles. The summed E-state index contributed by atoms with van der Waals surface area (Å²) >= 11 is 2.14. The third-order valence-electron chi connectivity index (χ3n) is 4.84. The van der Waals surface area contributed by atoms with Crippen LogP contribution in [0.15, 0.2) is 60.7 Å². The minimum Gasteiger partial charge on any atom is -0.459 e. The number of benzene rings is 2. The molecule has 0 amide bonds. The summed E-state index contributed by atoms with van der Waals surface area (Å²) in [5.74, 6) is 0. The summed E-state index contributed by atoms with van der Waals surface area (Å²) in [6.45, 7) is 4.99. The molecule has 0 aromatic heterocycles. The van der Waals surface area contributed by atoms with Gasteiger partial charge in [-0.1, -0.05) is 83.3 Å². The fourth-order valence-corrected chi connectivity index (χ4v) is 7.26. The Morgan fingerprint density at radius 1 is 0.909 bits per heavy atom. The van der Waals surface area contributed by atoms with E-state index in [0.717, 1.165) is 11.1 Å². The smallest absolute Gasteiger partial charge is 0.337 e. The lowest BCUT2D eigenvalue weighted by atomic mass is 10.1. The lowest BCUT2D eigenvalue weighted by Gasteiger charge is -2.35. The van der Waals surface area contributed by atoms with Gasteiger partial charge in [0.05, 0.1) is 33.0 Å². The summed E-state index contributed by atoms with van der Waals surface area (Å²) in [6.07, 6.45) is -1.57. The molecule has 0 saturated carbocycles. The van der Waals surface area contributed by atoms with Crippen molar-refractivity contribution < 1.29 is 32.6 Å². The van der Waals surface area contributed by atoms with Crippen LogP contribution in [0, 0.1) is 0 Å². The Morgan fingerprint density at radius 3 is 1.94 bits per heavy atom. The van der Waals surface area contributed by atoms with E-state index in [2.05, 4.69) is 22.6 Å². The average molecular weight is 590 g/mol. The molecule has 33 heavy (non-hydrogen) atoms. The van der Waals surface area contributed by atoms with Crippen molar-refractivity contribution in [2.24, 2.45) is 0 Å². The first-order valence-electron chi connectivity index (χ1n) is 10.9. The number of carbonyl (C=O) groups excluding carboxylic acids is 1. The minimum atomic E-state index is -3.56. The number of ether oxygens (including phenoxy) is 3. The summed E-state index contributed by atoms with van der Waals surface area (Å²) in [6, 6.07) is 19.3. The third kappa shape index (κ3) is 9.11. The van der Waals surface area contributed by atoms with Gasteiger partial charge in [-0.3, -0.25) is 9.36 Å². The van der Waals surface area contributed by atoms with Gasteiger partial charge in [0, 0.05) is 4.43 Å². The van der Waals surface area contributed by atoms with Gasteiger partial charge in [0.1, 0.15) is 11.8 Å². The molecule has 2 rings (SSSR count). The maximum absolute atomic E-state index is 13.7. The van der Waals surface area contributed by atoms with Crippen molar-refractivity contribution in [3.05, 3.63) is 71.8 Å². The maximum Gasteiger partial charge on any atom is 0.337 e. The van der Waals surface area contributed by atoms with Gasteiger partial charge in [-0.05, 0) is 25.0 Å². The molecule has 0 aliphatic rings. The standard InChI is InChI=1S/C24H32IO7P/c1-3-31-33(27,32-4-2)23(15-25)24(29-17-21-13-9-6-10-14-21)22(30-19-26)18-28-16-20-11-7-5-8-12-20/h5-14,19,22-24H,3-4,15-18H2,1-2H3/t22-,23+,24+/m1/s1. The van der Waals surface area contributed by atoms with E-state index in [1.807, 2.05) is 60.7 Å². The number of alkyl halides is 1. The molecule has 9 heteroatoms. The Balaban J connectivity index is 2.27. The van der Waals surface area contributed by atoms with Crippen molar-refractivity contribution >= 4 is 36.7 Å². The van der Waals surface area contributed by atoms with Gasteiger partial charge >= 0.3 is 7.60 Å². The second-order valence-corrected chi connectivity index (χ2v) is 10.3. The van der Waals surface area contributed by atoms with E-state index < -0.39 is 25.5 Å². The predicted octanol–water partition coefficient (Wildman–Crippen LogP) is 5.40. The maximum atomic E-state index is 13.7. The van der Waals surface area contributed by atoms with Crippen molar-refractivity contribution in [2.45, 2.75) is 44.9 Å². The Labute approximate surface area is 209 Å². The van der Waals surface area contributed by atoms with Gasteiger partial charge in [-0.2, -0.15) is 0 Å². The highest BCUT2D eigenvalue weighted by atomic mass is 127. The van der Waals surface area contributed by atoms with E-state index in [4.69, 9.17) is 23.3 Å². The Bertz CT molecular complexity index is 827. The van der Waals surface area contributed by atoms with Gasteiger partial charge in [0.2, 0.25) is 0 Å². The van der Waals surface area contributed by atoms with Crippen LogP contribution in [0.3, 0.4) is 0 Å². The first-order chi connectivity index (χ1) is 16.1. The molecule has 182 valence electrons. The second kappa shape index (κ2) is 15.6. The minimum absolute atomic E-state index is 0.0679. The van der Waals surface area contributed by atoms with E-state index in [1.54, 1.807) is 13.8 Å². The zero-order valence-corrected chi connectivity index (χ0v) is 22.1. The summed E-state index contributed by atoms with van der Waals surface area (Å²) in [5, 5.41) is 0. The highest BCUT2D eigenvalue weighted by molar-refractivity contribution is 14.1. The van der Waals surface area contributed by atoms with E-state index in [9.17, 15) is 9.36 Å². The molecular formula is C24H32IO7P. The molecule has 0 aliphatic carbocycles. The van der Waals surface area contributed by atoms with Crippen molar-refractivity contribution in [1.82, 2.24) is 0 Å². The molecule has 2 aromatic rings. The van der Waals surface area contributed by atoms with Crippen LogP contribution in [-0.2, 0) is 45.8 Å². The summed E-state index contributed by atoms with van der Waals surface area (Å²) in [7, 11) is -3.56. The van der Waals surface area contributed by atoms with Crippen LogP contribution in [0.1, 0.15) is 25.0 Å². The summed E-state index contributed by atoms with van der Waals surface area (Å²) in [4.78, 5) is 11.4. The fourth-order valence-electron chi connectivity index (χ4n) is 3.32. The first-order valence-corrected chi connectivity index (χ1v) is 14.0. The fraction of sp³-hybridized carbons (Fsp3) is 0.458. The van der Waals surface area contributed by atoms with Crippen LogP contribution in [0.25, 0.3) is 0 Å². The van der Waals surface area contributed by atoms with Gasteiger partial charge < -0.3 is 23.3 Å². The summed E-state index contributed by atoms with van der Waals surface area (Å²) < 4.78 is 42.8. The van der Waals surface area contributed by atoms with Crippen LogP contribution >= 0.6 is 30.2 Å². The number of rotatable bonds is 17. The van der Waals surface area contributed by atoms with Crippen LogP contribution in [0.2, 0.25) is 0 Å². The monoisotopic (exact) mass is 590 g/mol. The number of hydrogen-bond acceptors (Lipinski definition) is 7. The van der Waals surface area contributed by atoms with Crippen molar-refractivity contribution in [3.63, 3.8) is 0 Å². The van der Waals surface area contributed by atoms with E-state index in [0.29, 0.717) is 17.5 Å². The Kier molecular flexibility index (Phi) is 13.2. The number of carbonyl (C=O) groups is 1. The quantitative estimate of drug-likeness (QED) is 0.106. The number of halogens is 1. The molecule has 2 aromatic carbocycles. The largest absolute Gasteiger partial charge is 0.459 e. The molecule has 0 N–H and O–H groups in total. The molecule has 0 aliphatic heterocycles. The molecule has 0 unspecified atom stereocenters. The zero-order valence-electron chi connectivity index (χ0n) is 19.0. The van der Waals surface area contributed by atoms with Crippen LogP contribution in [0.5, 0.6) is 0 Å². The van der Waals surface area contributed by atoms with Gasteiger partial charge in [0.25, 0.3) is 6.47 Å². The predicted molar refractivity (Wildman–Crippen MR) is 136 cm³/mol. The van der Waals surface area contributed by atoms with Gasteiger partial charge in [-0.25, -0.2) is 0 Å². The van der Waals surface area contributed by atoms with Crippen LogP contribution in [-0.4, -0.2) is 48.6 Å². The Hall–Kier alpha value is -1.29. The molecule has 7 nitrogen and oxygen atoms in total. The lowest BCUT2D eigenvalue weighted by Crippen LogP contribution is -2.45. The molecule has 0 bridgehead atoms. The van der Waals surface area contributed by atoms with E-state index >= 15 is 0 Å². The molecule has 0 spiro atoms. The third-order valence-corrected chi connectivity index (χ3v) is 9.01. The first kappa shape index (κ1) is 28.0. The van der Waals surface area contributed by atoms with Crippen LogP contribution in [0.4, 0.5) is 0 Å². The average Bonchev–Trinajstić information content (AvgIpc) is 2.83. The molecule has 3 atom stereocenters. The topological polar surface area (TPSA) is 80.3 Å². The highest BCUT2D eigenvalue weighted by Crippen LogP contribution is 2.55. The Morgan fingerprint density at radius 2 is 1.45 bits per heavy atom. The normalized spacial score (nSPS) is 14.4. The SMILES string of the molecule is CCOP(=O)(OCC)[C@@H](CI)[C@@H](OCc1ccccc1)[C@@H](COCc1ccccc1)OC=O. The van der Waals surface area contributed by atoms with Crippen molar-refractivity contribution in [1.29, 1.82) is 0 Å². The van der Waals surface area contributed by atoms with Crippen molar-refractivity contribution in [2.75, 3.05) is 24.2 Å². The molecule has 0 radical (unpaired) electrons. The molecule has 0 heterocycles. The molecule has 0 fully saturated rings. The second-order valence-electron chi connectivity index (χ2n) is 7.13. The zero-order chi connectivity index (χ0) is 23.9. The van der Waals surface area contributed by atoms with Crippen molar-refractivity contribution in [3.8, 4) is 0 Å². The summed E-state index contributed by atoms with van der Waals surface area (Å²) in [5.41, 5.74) is 1.27. The highest BCUT2D eigenvalue weighted by Gasteiger charge is 2.45. The van der Waals surface area contributed by atoms with E-state index in [-0.39, 0.29) is 26.4 Å². The van der Waals surface area contributed by atoms with Gasteiger partial charge in [0.15, 0.2) is 6.10 Å². The molecular weight excluding hydrogens is 558 g/mol. The van der Waals surface area contributed by atoms with Gasteiger partial charge in [-0.15, -0.1) is 0 Å². The van der Waals surface area contributed by atoms with Crippen LogP contribution < -0.4 is 0 Å². The number of hydrogen-bond donors (Lipinski definition) is 0.